The lowest BCUT2D eigenvalue weighted by Crippen LogP contribution is -2.27. The Kier molecular flexibility index (Phi) is 13.9. The SMILES string of the molecule is CC(C)(C)OC(=O)Nc1cc2c(cn1)cc(-c1c(F)ccc(NS(=O)(=O)c3cc4scnc4cc3F)c1F)c(=O)n2C1CC1.O=c1c(-c2c(F)ccc(NS(=O)(=O)c3cc4scnc4cc3F)c2F)cc2cnc(Cl)cc2n1C1CC1. The van der Waals surface area contributed by atoms with Gasteiger partial charge in [-0.1, -0.05) is 11.6 Å². The van der Waals surface area contributed by atoms with Crippen LogP contribution in [0.1, 0.15) is 58.5 Å². The molecule has 1 amide bonds. The molecule has 2 aliphatic rings. The summed E-state index contributed by atoms with van der Waals surface area (Å²) in [6, 6.07) is 12.5. The number of halogens is 7. The largest absolute Gasteiger partial charge is 0.444 e. The number of hydrogen-bond acceptors (Lipinski definition) is 14. The average Bonchev–Trinajstić information content (AvgIpc) is 4.45. The highest BCUT2D eigenvalue weighted by Crippen LogP contribution is 2.41. The van der Waals surface area contributed by atoms with E-state index in [4.69, 9.17) is 16.3 Å². The lowest BCUT2D eigenvalue weighted by Gasteiger charge is -2.20. The van der Waals surface area contributed by atoms with Crippen LogP contribution in [-0.2, 0) is 24.8 Å². The minimum absolute atomic E-state index is 0.103. The van der Waals surface area contributed by atoms with E-state index in [9.17, 15) is 40.0 Å². The van der Waals surface area contributed by atoms with Crippen LogP contribution in [0.15, 0.2) is 116 Å². The van der Waals surface area contributed by atoms with Crippen LogP contribution in [0.2, 0.25) is 5.15 Å². The maximum atomic E-state index is 15.9. The van der Waals surface area contributed by atoms with Crippen molar-refractivity contribution in [3.63, 3.8) is 0 Å². The number of benzene rings is 4. The van der Waals surface area contributed by atoms with Gasteiger partial charge in [-0.15, -0.1) is 22.7 Å². The van der Waals surface area contributed by atoms with Gasteiger partial charge in [0.2, 0.25) is 0 Å². The molecule has 0 radical (unpaired) electrons. The van der Waals surface area contributed by atoms with Crippen LogP contribution >= 0.6 is 34.3 Å². The normalized spacial score (nSPS) is 13.9. The first-order valence-electron chi connectivity index (χ1n) is 24.2. The molecule has 4 aromatic carbocycles. The third-order valence-electron chi connectivity index (χ3n) is 12.8. The van der Waals surface area contributed by atoms with Gasteiger partial charge in [0.25, 0.3) is 31.2 Å². The van der Waals surface area contributed by atoms with E-state index in [0.717, 1.165) is 71.2 Å². The molecule has 6 heterocycles. The summed E-state index contributed by atoms with van der Waals surface area (Å²) in [6.07, 6.45) is 4.66. The first-order valence-corrected chi connectivity index (χ1v) is 29.3. The first kappa shape index (κ1) is 55.0. The maximum Gasteiger partial charge on any atom is 0.413 e. The number of amides is 1. The average molecular weight is 1210 g/mol. The molecule has 2 saturated carbocycles. The summed E-state index contributed by atoms with van der Waals surface area (Å²) in [5, 5.41) is 3.44. The molecule has 28 heteroatoms. The number of sulfonamides is 2. The van der Waals surface area contributed by atoms with Gasteiger partial charge in [0, 0.05) is 53.4 Å². The standard InChI is InChI=1S/C29H24F3N5O5S2.C24H14ClF3N4O3S2/c1-29(2,3)42-28(39)35-24-10-21-14(12-33-24)8-16(27(38)37(21)15-4-5-15)25-17(30)6-7-19(26(25)32)36-44(40,41)23-11-22-20(9-18(23)31)34-13-43-22;25-21-7-18-11(9-29-21)5-13(24(33)32(18)12-1-2-12)22-14(26)3-4-16(23(22)28)31-37(34,35)20-8-19-17(6-15(20)27)30-10-36-19/h6-13,15,36H,4-5H2,1-3H3,(H,33,35,39);3-10,12,31H,1-2H2. The molecule has 0 unspecified atom stereocenters. The molecule has 12 rings (SSSR count). The monoisotopic (exact) mass is 1210 g/mol. The van der Waals surface area contributed by atoms with Gasteiger partial charge < -0.3 is 13.9 Å². The second kappa shape index (κ2) is 20.5. The molecule has 0 aliphatic heterocycles. The Hall–Kier alpha value is -7.98. The Morgan fingerprint density at radius 3 is 1.51 bits per heavy atom. The van der Waals surface area contributed by atoms with Crippen molar-refractivity contribution in [2.45, 2.75) is 73.9 Å². The number of rotatable bonds is 11. The van der Waals surface area contributed by atoms with Gasteiger partial charge in [-0.25, -0.2) is 67.9 Å². The fourth-order valence-electron chi connectivity index (χ4n) is 8.95. The zero-order valence-electron chi connectivity index (χ0n) is 41.9. The van der Waals surface area contributed by atoms with Crippen molar-refractivity contribution in [1.82, 2.24) is 29.1 Å². The number of aromatic nitrogens is 6. The summed E-state index contributed by atoms with van der Waals surface area (Å²) in [6.45, 7) is 5.10. The predicted molar refractivity (Wildman–Crippen MR) is 295 cm³/mol. The van der Waals surface area contributed by atoms with Gasteiger partial charge in [-0.05, 0) is 101 Å². The van der Waals surface area contributed by atoms with Crippen LogP contribution < -0.4 is 25.9 Å². The molecule has 3 N–H and O–H groups in total. The van der Waals surface area contributed by atoms with E-state index in [2.05, 4.69) is 25.3 Å². The Morgan fingerprint density at radius 2 is 1.06 bits per heavy atom. The lowest BCUT2D eigenvalue weighted by atomic mass is 10.0. The van der Waals surface area contributed by atoms with Crippen molar-refractivity contribution in [2.24, 2.45) is 0 Å². The third kappa shape index (κ3) is 10.8. The number of carbonyl (C=O) groups is 1. The van der Waals surface area contributed by atoms with Crippen LogP contribution in [-0.4, -0.2) is 57.6 Å². The molecule has 2 aliphatic carbocycles. The number of carbonyl (C=O) groups excluding carboxylic acids is 1. The number of anilines is 3. The Bertz CT molecular complexity index is 4660. The number of thiazole rings is 2. The Balaban J connectivity index is 0.000000173. The molecule has 10 aromatic rings. The summed E-state index contributed by atoms with van der Waals surface area (Å²) < 4.78 is 156. The number of nitrogens with one attached hydrogen (secondary N) is 3. The van der Waals surface area contributed by atoms with Crippen LogP contribution in [0, 0.1) is 34.9 Å². The number of ether oxygens (including phenoxy) is 1. The van der Waals surface area contributed by atoms with Crippen molar-refractivity contribution in [2.75, 3.05) is 14.8 Å². The first-order chi connectivity index (χ1) is 38.4. The number of hydrogen-bond donors (Lipinski definition) is 3. The van der Waals surface area contributed by atoms with Gasteiger partial charge in [-0.2, -0.15) is 0 Å². The van der Waals surface area contributed by atoms with Crippen molar-refractivity contribution in [3.05, 3.63) is 157 Å². The number of pyridine rings is 4. The quantitative estimate of drug-likeness (QED) is 0.0812. The molecule has 0 bridgehead atoms. The van der Waals surface area contributed by atoms with E-state index < -0.39 is 110 Å². The number of nitrogens with zero attached hydrogens (tertiary/aromatic N) is 6. The number of fused-ring (bicyclic) bond motifs is 4. The minimum Gasteiger partial charge on any atom is -0.444 e. The highest BCUT2D eigenvalue weighted by Gasteiger charge is 2.33. The van der Waals surface area contributed by atoms with E-state index in [1.54, 1.807) is 20.8 Å². The Labute approximate surface area is 467 Å². The Morgan fingerprint density at radius 1 is 0.617 bits per heavy atom. The lowest BCUT2D eigenvalue weighted by molar-refractivity contribution is 0.0635. The van der Waals surface area contributed by atoms with Crippen molar-refractivity contribution in [3.8, 4) is 22.3 Å². The van der Waals surface area contributed by atoms with E-state index >= 15 is 17.6 Å². The van der Waals surface area contributed by atoms with Crippen molar-refractivity contribution < 1.29 is 52.7 Å². The maximum absolute atomic E-state index is 15.9. The zero-order valence-corrected chi connectivity index (χ0v) is 46.0. The van der Waals surface area contributed by atoms with Gasteiger partial charge in [0.1, 0.15) is 49.6 Å². The van der Waals surface area contributed by atoms with Gasteiger partial charge >= 0.3 is 6.09 Å². The van der Waals surface area contributed by atoms with E-state index in [1.807, 2.05) is 9.44 Å². The van der Waals surface area contributed by atoms with Crippen molar-refractivity contribution in [1.29, 1.82) is 0 Å². The predicted octanol–water partition coefficient (Wildman–Crippen LogP) is 12.5. The highest BCUT2D eigenvalue weighted by atomic mass is 35.5. The summed E-state index contributed by atoms with van der Waals surface area (Å²) in [5.41, 5.74) is -1.39. The van der Waals surface area contributed by atoms with E-state index in [1.165, 1.54) is 56.8 Å². The molecule has 0 atom stereocenters. The summed E-state index contributed by atoms with van der Waals surface area (Å²) >= 11 is 8.20. The summed E-state index contributed by atoms with van der Waals surface area (Å²) in [5.74, 6) is -6.94. The molecule has 17 nitrogen and oxygen atoms in total. The minimum atomic E-state index is -4.68. The molecular formula is C53H38ClF6N9O8S4. The second-order valence-electron chi connectivity index (χ2n) is 19.7. The van der Waals surface area contributed by atoms with Gasteiger partial charge in [0.05, 0.1) is 76.1 Å². The van der Waals surface area contributed by atoms with Gasteiger partial charge in [-0.3, -0.25) is 24.4 Å². The highest BCUT2D eigenvalue weighted by molar-refractivity contribution is 7.93. The van der Waals surface area contributed by atoms with E-state index in [0.29, 0.717) is 56.9 Å². The molecule has 2 fully saturated rings. The fraction of sp³-hybridized carbons (Fsp3) is 0.189. The van der Waals surface area contributed by atoms with Gasteiger partial charge in [0.15, 0.2) is 11.6 Å². The summed E-state index contributed by atoms with van der Waals surface area (Å²) in [7, 11) is -9.30. The van der Waals surface area contributed by atoms with Crippen LogP contribution in [0.3, 0.4) is 0 Å². The van der Waals surface area contributed by atoms with Crippen molar-refractivity contribution >= 4 is 120 Å². The molecule has 6 aromatic heterocycles. The molecule has 0 spiro atoms. The molecule has 416 valence electrons. The smallest absolute Gasteiger partial charge is 0.413 e. The second-order valence-corrected chi connectivity index (χ2v) is 25.2. The third-order valence-corrected chi connectivity index (χ3v) is 17.4. The molecular weight excluding hydrogens is 1170 g/mol. The molecule has 0 saturated heterocycles. The van der Waals surface area contributed by atoms with Crippen LogP contribution in [0.25, 0.3) is 64.5 Å². The van der Waals surface area contributed by atoms with E-state index in [-0.39, 0.29) is 45.2 Å². The zero-order chi connectivity index (χ0) is 57.6. The molecule has 81 heavy (non-hydrogen) atoms. The van der Waals surface area contributed by atoms with Crippen LogP contribution in [0.5, 0.6) is 0 Å². The topological polar surface area (TPSA) is 226 Å². The van der Waals surface area contributed by atoms with Crippen LogP contribution in [0.4, 0.5) is 48.3 Å². The fourth-order valence-corrected chi connectivity index (χ4v) is 12.9. The summed E-state index contributed by atoms with van der Waals surface area (Å²) in [4.78, 5) is 54.0.